The Kier molecular flexibility index (Phi) is 4.39. The van der Waals surface area contributed by atoms with E-state index in [2.05, 4.69) is 53.0 Å². The Bertz CT molecular complexity index is 959. The maximum absolute atomic E-state index is 4.46. The van der Waals surface area contributed by atoms with E-state index in [4.69, 9.17) is 0 Å². The first-order valence-corrected chi connectivity index (χ1v) is 8.65. The predicted octanol–water partition coefficient (Wildman–Crippen LogP) is 3.40. The monoisotopic (exact) mass is 394 g/mol. The second-order valence-electron chi connectivity index (χ2n) is 5.61. The predicted molar refractivity (Wildman–Crippen MR) is 97.8 cm³/mol. The summed E-state index contributed by atoms with van der Waals surface area (Å²) in [6.07, 6.45) is 3.76. The third-order valence-corrected chi connectivity index (χ3v) is 4.36. The number of rotatable bonds is 5. The molecular weight excluding hydrogens is 380 g/mol. The second kappa shape index (κ2) is 6.98. The average molecular weight is 395 g/mol. The fourth-order valence-corrected chi connectivity index (χ4v) is 2.83. The van der Waals surface area contributed by atoms with Gasteiger partial charge in [0.1, 0.15) is 12.4 Å². The fourth-order valence-electron chi connectivity index (χ4n) is 2.57. The van der Waals surface area contributed by atoms with E-state index in [0.717, 1.165) is 22.4 Å². The molecule has 0 atom stereocenters. The van der Waals surface area contributed by atoms with Gasteiger partial charge in [0, 0.05) is 29.0 Å². The molecule has 2 aromatic carbocycles. The van der Waals surface area contributed by atoms with E-state index in [1.54, 1.807) is 11.0 Å². The van der Waals surface area contributed by atoms with Gasteiger partial charge >= 0.3 is 0 Å². The van der Waals surface area contributed by atoms with Gasteiger partial charge in [-0.05, 0) is 35.0 Å². The zero-order valence-corrected chi connectivity index (χ0v) is 14.9. The van der Waals surface area contributed by atoms with Gasteiger partial charge in [0.25, 0.3) is 0 Å². The normalized spacial score (nSPS) is 10.9. The highest BCUT2D eigenvalue weighted by Crippen LogP contribution is 2.17. The van der Waals surface area contributed by atoms with Crippen molar-refractivity contribution in [1.29, 1.82) is 0 Å². The number of benzene rings is 2. The van der Waals surface area contributed by atoms with E-state index < -0.39 is 0 Å². The molecule has 0 spiro atoms. The number of imidazole rings is 1. The smallest absolute Gasteiger partial charge is 0.204 e. The molecule has 0 aliphatic heterocycles. The Morgan fingerprint density at radius 2 is 1.72 bits per heavy atom. The largest absolute Gasteiger partial charge is 0.329 e. The first kappa shape index (κ1) is 15.7. The van der Waals surface area contributed by atoms with Crippen molar-refractivity contribution in [2.24, 2.45) is 0 Å². The molecule has 7 heteroatoms. The molecule has 0 saturated heterocycles. The topological polar surface area (TPSA) is 61.4 Å². The molecule has 4 aromatic rings. The van der Waals surface area contributed by atoms with Crippen LogP contribution in [0.2, 0.25) is 0 Å². The number of halogens is 1. The van der Waals surface area contributed by atoms with Crippen LogP contribution in [0.3, 0.4) is 0 Å². The van der Waals surface area contributed by atoms with Gasteiger partial charge in [-0.1, -0.05) is 46.3 Å². The lowest BCUT2D eigenvalue weighted by atomic mass is 10.2. The Morgan fingerprint density at radius 1 is 0.920 bits per heavy atom. The van der Waals surface area contributed by atoms with Gasteiger partial charge in [0.15, 0.2) is 0 Å². The molecule has 6 nitrogen and oxygen atoms in total. The van der Waals surface area contributed by atoms with E-state index in [9.17, 15) is 0 Å². The maximum Gasteiger partial charge on any atom is 0.204 e. The third-order valence-electron chi connectivity index (χ3n) is 3.84. The molecule has 0 N–H and O–H groups in total. The van der Waals surface area contributed by atoms with E-state index in [1.165, 1.54) is 5.56 Å². The number of hydrogen-bond donors (Lipinski definition) is 0. The van der Waals surface area contributed by atoms with Crippen LogP contribution < -0.4 is 0 Å². The Labute approximate surface area is 153 Å². The molecule has 25 heavy (non-hydrogen) atoms. The van der Waals surface area contributed by atoms with E-state index in [0.29, 0.717) is 12.4 Å². The molecule has 0 bridgehead atoms. The van der Waals surface area contributed by atoms with E-state index in [-0.39, 0.29) is 0 Å². The zero-order valence-electron chi connectivity index (χ0n) is 13.3. The van der Waals surface area contributed by atoms with Crippen molar-refractivity contribution in [3.05, 3.63) is 82.9 Å². The molecule has 2 aromatic heterocycles. The van der Waals surface area contributed by atoms with E-state index in [1.807, 2.05) is 48.7 Å². The van der Waals surface area contributed by atoms with Crippen molar-refractivity contribution in [3.8, 4) is 11.4 Å². The highest BCUT2D eigenvalue weighted by Gasteiger charge is 2.09. The Hall–Kier alpha value is -2.80. The van der Waals surface area contributed by atoms with Crippen molar-refractivity contribution in [2.75, 3.05) is 0 Å². The van der Waals surface area contributed by atoms with Gasteiger partial charge in [-0.3, -0.25) is 0 Å². The summed E-state index contributed by atoms with van der Waals surface area (Å²) < 4.78 is 3.12. The molecule has 4 rings (SSSR count). The van der Waals surface area contributed by atoms with Crippen molar-refractivity contribution in [1.82, 2.24) is 29.8 Å². The first-order valence-electron chi connectivity index (χ1n) is 7.85. The summed E-state index contributed by atoms with van der Waals surface area (Å²) in [5.41, 5.74) is 2.16. The van der Waals surface area contributed by atoms with Crippen LogP contribution in [0.5, 0.6) is 0 Å². The third kappa shape index (κ3) is 3.66. The summed E-state index contributed by atoms with van der Waals surface area (Å²) in [7, 11) is 0. The van der Waals surface area contributed by atoms with Gasteiger partial charge in [-0.25, -0.2) is 4.98 Å². The van der Waals surface area contributed by atoms with Crippen molar-refractivity contribution >= 4 is 15.9 Å². The summed E-state index contributed by atoms with van der Waals surface area (Å²) in [5.74, 6) is 1.50. The highest BCUT2D eigenvalue weighted by atomic mass is 79.9. The maximum atomic E-state index is 4.46. The molecule has 0 fully saturated rings. The summed E-state index contributed by atoms with van der Waals surface area (Å²) in [5, 5.41) is 12.7. The van der Waals surface area contributed by atoms with Crippen LogP contribution in [0.4, 0.5) is 0 Å². The quantitative estimate of drug-likeness (QED) is 0.520. The van der Waals surface area contributed by atoms with Crippen LogP contribution in [0.15, 0.2) is 71.5 Å². The summed E-state index contributed by atoms with van der Waals surface area (Å²) >= 11 is 3.43. The molecule has 124 valence electrons. The summed E-state index contributed by atoms with van der Waals surface area (Å²) in [6, 6.07) is 18.1. The number of tetrazole rings is 1. The lowest BCUT2D eigenvalue weighted by Gasteiger charge is -2.07. The lowest BCUT2D eigenvalue weighted by molar-refractivity contribution is 0.536. The van der Waals surface area contributed by atoms with Crippen LogP contribution in [0, 0.1) is 0 Å². The highest BCUT2D eigenvalue weighted by molar-refractivity contribution is 9.10. The van der Waals surface area contributed by atoms with Crippen molar-refractivity contribution in [2.45, 2.75) is 13.1 Å². The van der Waals surface area contributed by atoms with Crippen LogP contribution >= 0.6 is 15.9 Å². The minimum Gasteiger partial charge on any atom is -0.329 e. The van der Waals surface area contributed by atoms with Crippen LogP contribution in [-0.4, -0.2) is 29.8 Å². The SMILES string of the molecule is Brc1ccc(-c2nnn(Cc3nccn3Cc3ccccc3)n2)cc1. The molecule has 0 unspecified atom stereocenters. The summed E-state index contributed by atoms with van der Waals surface area (Å²) in [6.45, 7) is 1.24. The minimum atomic E-state index is 0.476. The molecule has 0 amide bonds. The molecule has 2 heterocycles. The van der Waals surface area contributed by atoms with Gasteiger partial charge < -0.3 is 4.57 Å². The average Bonchev–Trinajstić information content (AvgIpc) is 3.27. The lowest BCUT2D eigenvalue weighted by Crippen LogP contribution is -2.11. The van der Waals surface area contributed by atoms with Gasteiger partial charge in [0.2, 0.25) is 5.82 Å². The standard InChI is InChI=1S/C18H15BrN6/c19-16-8-6-15(7-9-16)18-21-23-25(22-18)13-17-20-10-11-24(17)12-14-4-2-1-3-5-14/h1-11H,12-13H2. The van der Waals surface area contributed by atoms with Crippen LogP contribution in [0.25, 0.3) is 11.4 Å². The van der Waals surface area contributed by atoms with Crippen molar-refractivity contribution < 1.29 is 0 Å². The Balaban J connectivity index is 1.52. The molecule has 0 aliphatic carbocycles. The van der Waals surface area contributed by atoms with E-state index >= 15 is 0 Å². The Morgan fingerprint density at radius 3 is 2.52 bits per heavy atom. The van der Waals surface area contributed by atoms with Crippen LogP contribution in [0.1, 0.15) is 11.4 Å². The molecular formula is C18H15BrN6. The van der Waals surface area contributed by atoms with Gasteiger partial charge in [-0.2, -0.15) is 4.80 Å². The van der Waals surface area contributed by atoms with Crippen LogP contribution in [-0.2, 0) is 13.1 Å². The van der Waals surface area contributed by atoms with Gasteiger partial charge in [0.05, 0.1) is 0 Å². The minimum absolute atomic E-state index is 0.476. The van der Waals surface area contributed by atoms with Crippen molar-refractivity contribution in [3.63, 3.8) is 0 Å². The van der Waals surface area contributed by atoms with Gasteiger partial charge in [-0.15, -0.1) is 10.2 Å². The molecule has 0 saturated carbocycles. The number of hydrogen-bond acceptors (Lipinski definition) is 4. The zero-order chi connectivity index (χ0) is 17.1. The molecule has 0 radical (unpaired) electrons. The number of aromatic nitrogens is 6. The second-order valence-corrected chi connectivity index (χ2v) is 6.52. The fraction of sp³-hybridized carbons (Fsp3) is 0.111. The summed E-state index contributed by atoms with van der Waals surface area (Å²) in [4.78, 5) is 6.00. The number of nitrogens with zero attached hydrogens (tertiary/aromatic N) is 6. The first-order chi connectivity index (χ1) is 12.3. The molecule has 0 aliphatic rings.